The van der Waals surface area contributed by atoms with Gasteiger partial charge >= 0.3 is 0 Å². The fraction of sp³-hybridized carbons (Fsp3) is 0.500. The molecular weight excluding hydrogens is 238 g/mol. The van der Waals surface area contributed by atoms with Crippen LogP contribution in [0.2, 0.25) is 0 Å². The van der Waals surface area contributed by atoms with Crippen molar-refractivity contribution >= 4 is 17.4 Å². The Labute approximate surface area is 113 Å². The summed E-state index contributed by atoms with van der Waals surface area (Å²) in [7, 11) is 0. The van der Waals surface area contributed by atoms with Crippen molar-refractivity contribution in [3.05, 3.63) is 29.8 Å². The third kappa shape index (κ3) is 2.42. The number of Topliss-reactive ketones (excluding diaryl/α,β-unsaturated/α-hetero) is 1. The molecule has 2 aliphatic rings. The van der Waals surface area contributed by atoms with Gasteiger partial charge in [0, 0.05) is 17.2 Å². The molecular formula is C16H19NO2. The lowest BCUT2D eigenvalue weighted by atomic mass is 9.88. The number of hydrogen-bond acceptors (Lipinski definition) is 2. The van der Waals surface area contributed by atoms with Gasteiger partial charge < -0.3 is 5.32 Å². The van der Waals surface area contributed by atoms with Crippen molar-refractivity contribution < 1.29 is 9.59 Å². The average Bonchev–Trinajstić information content (AvgIpc) is 3.01. The minimum Gasteiger partial charge on any atom is -0.326 e. The van der Waals surface area contributed by atoms with E-state index < -0.39 is 0 Å². The van der Waals surface area contributed by atoms with Crippen LogP contribution in [0.5, 0.6) is 0 Å². The smallest absolute Gasteiger partial charge is 0.227 e. The Bertz CT molecular complexity index is 506. The maximum absolute atomic E-state index is 12.2. The number of anilines is 1. The highest BCUT2D eigenvalue weighted by Gasteiger charge is 2.42. The molecule has 0 unspecified atom stereocenters. The fourth-order valence-electron chi connectivity index (χ4n) is 3.59. The molecule has 1 aromatic carbocycles. The van der Waals surface area contributed by atoms with Gasteiger partial charge in [0.1, 0.15) is 0 Å². The van der Waals surface area contributed by atoms with E-state index in [0.717, 1.165) is 18.0 Å². The first-order chi connectivity index (χ1) is 9.13. The molecule has 0 radical (unpaired) electrons. The molecule has 19 heavy (non-hydrogen) atoms. The highest BCUT2D eigenvalue weighted by Crippen LogP contribution is 2.48. The van der Waals surface area contributed by atoms with Gasteiger partial charge in [-0.15, -0.1) is 0 Å². The Morgan fingerprint density at radius 1 is 1.11 bits per heavy atom. The van der Waals surface area contributed by atoms with Crippen molar-refractivity contribution in [3.63, 3.8) is 0 Å². The van der Waals surface area contributed by atoms with Crippen molar-refractivity contribution in [2.75, 3.05) is 5.32 Å². The van der Waals surface area contributed by atoms with Gasteiger partial charge in [-0.05, 0) is 62.3 Å². The van der Waals surface area contributed by atoms with E-state index in [4.69, 9.17) is 0 Å². The zero-order valence-electron chi connectivity index (χ0n) is 11.2. The molecule has 2 bridgehead atoms. The number of hydrogen-bond donors (Lipinski definition) is 1. The van der Waals surface area contributed by atoms with Gasteiger partial charge in [-0.3, -0.25) is 9.59 Å². The molecule has 0 aliphatic heterocycles. The van der Waals surface area contributed by atoms with Crippen LogP contribution in [-0.4, -0.2) is 11.7 Å². The number of rotatable bonds is 3. The van der Waals surface area contributed by atoms with Crippen LogP contribution in [0.25, 0.3) is 0 Å². The van der Waals surface area contributed by atoms with E-state index >= 15 is 0 Å². The lowest BCUT2D eigenvalue weighted by Crippen LogP contribution is -2.27. The van der Waals surface area contributed by atoms with Crippen LogP contribution in [0.1, 0.15) is 43.0 Å². The Hall–Kier alpha value is -1.64. The molecule has 3 atom stereocenters. The van der Waals surface area contributed by atoms with Crippen LogP contribution in [0.15, 0.2) is 24.3 Å². The van der Waals surface area contributed by atoms with Crippen LogP contribution < -0.4 is 5.32 Å². The van der Waals surface area contributed by atoms with E-state index in [9.17, 15) is 9.59 Å². The molecule has 1 aromatic rings. The van der Waals surface area contributed by atoms with Gasteiger partial charge in [0.05, 0.1) is 0 Å². The molecule has 0 heterocycles. The second-order valence-electron chi connectivity index (χ2n) is 5.90. The number of carbonyl (C=O) groups is 2. The molecule has 2 fully saturated rings. The Morgan fingerprint density at radius 3 is 2.37 bits per heavy atom. The normalized spacial score (nSPS) is 28.4. The summed E-state index contributed by atoms with van der Waals surface area (Å²) in [5, 5.41) is 2.98. The number of amides is 1. The molecule has 0 aromatic heterocycles. The Kier molecular flexibility index (Phi) is 3.13. The van der Waals surface area contributed by atoms with Gasteiger partial charge in [0.15, 0.2) is 5.78 Å². The molecule has 2 aliphatic carbocycles. The van der Waals surface area contributed by atoms with Gasteiger partial charge in [-0.25, -0.2) is 0 Å². The summed E-state index contributed by atoms with van der Waals surface area (Å²) >= 11 is 0. The molecule has 3 nitrogen and oxygen atoms in total. The number of fused-ring (bicyclic) bond motifs is 2. The summed E-state index contributed by atoms with van der Waals surface area (Å²) in [5.41, 5.74) is 1.47. The van der Waals surface area contributed by atoms with Crippen LogP contribution >= 0.6 is 0 Å². The van der Waals surface area contributed by atoms with Crippen LogP contribution in [0.4, 0.5) is 5.69 Å². The van der Waals surface area contributed by atoms with Crippen molar-refractivity contribution in [2.45, 2.75) is 32.6 Å². The summed E-state index contributed by atoms with van der Waals surface area (Å²) in [6.45, 7) is 1.54. The largest absolute Gasteiger partial charge is 0.326 e. The topological polar surface area (TPSA) is 46.2 Å². The van der Waals surface area contributed by atoms with Crippen molar-refractivity contribution in [2.24, 2.45) is 17.8 Å². The van der Waals surface area contributed by atoms with Gasteiger partial charge in [0.25, 0.3) is 0 Å². The highest BCUT2D eigenvalue weighted by molar-refractivity contribution is 5.96. The van der Waals surface area contributed by atoms with E-state index in [1.54, 1.807) is 19.1 Å². The predicted octanol–water partition coefficient (Wildman–Crippen LogP) is 3.26. The predicted molar refractivity (Wildman–Crippen MR) is 74.0 cm³/mol. The summed E-state index contributed by atoms with van der Waals surface area (Å²) in [5.74, 6) is 1.78. The van der Waals surface area contributed by atoms with Crippen LogP contribution in [0, 0.1) is 17.8 Å². The standard InChI is InChI=1S/C16H19NO2/c1-10(18)12-4-6-14(7-5-12)17-16(19)15-9-11-2-3-13(15)8-11/h4-7,11,13,15H,2-3,8-9H2,1H3,(H,17,19)/t11-,13+,15+/m0/s1. The number of ketones is 1. The molecule has 3 heteroatoms. The third-order valence-electron chi connectivity index (χ3n) is 4.63. The van der Waals surface area contributed by atoms with E-state index in [-0.39, 0.29) is 17.6 Å². The quantitative estimate of drug-likeness (QED) is 0.845. The summed E-state index contributed by atoms with van der Waals surface area (Å²) < 4.78 is 0. The average molecular weight is 257 g/mol. The van der Waals surface area contributed by atoms with E-state index in [1.807, 2.05) is 12.1 Å². The zero-order valence-corrected chi connectivity index (χ0v) is 11.2. The second kappa shape index (κ2) is 4.80. The molecule has 2 saturated carbocycles. The van der Waals surface area contributed by atoms with E-state index in [0.29, 0.717) is 11.5 Å². The van der Waals surface area contributed by atoms with Crippen molar-refractivity contribution in [1.82, 2.24) is 0 Å². The Morgan fingerprint density at radius 2 is 1.84 bits per heavy atom. The molecule has 0 spiro atoms. The maximum Gasteiger partial charge on any atom is 0.227 e. The lowest BCUT2D eigenvalue weighted by molar-refractivity contribution is -0.121. The minimum absolute atomic E-state index is 0.0472. The summed E-state index contributed by atoms with van der Waals surface area (Å²) in [6.07, 6.45) is 4.82. The summed E-state index contributed by atoms with van der Waals surface area (Å²) in [6, 6.07) is 7.14. The fourth-order valence-corrected chi connectivity index (χ4v) is 3.59. The zero-order chi connectivity index (χ0) is 13.4. The third-order valence-corrected chi connectivity index (χ3v) is 4.63. The monoisotopic (exact) mass is 257 g/mol. The van der Waals surface area contributed by atoms with Gasteiger partial charge in [-0.1, -0.05) is 6.42 Å². The van der Waals surface area contributed by atoms with Crippen LogP contribution in [-0.2, 0) is 4.79 Å². The first-order valence-corrected chi connectivity index (χ1v) is 7.05. The maximum atomic E-state index is 12.2. The molecule has 3 rings (SSSR count). The van der Waals surface area contributed by atoms with Crippen LogP contribution in [0.3, 0.4) is 0 Å². The number of benzene rings is 1. The van der Waals surface area contributed by atoms with Gasteiger partial charge in [0.2, 0.25) is 5.91 Å². The molecule has 100 valence electrons. The van der Waals surface area contributed by atoms with Crippen molar-refractivity contribution in [1.29, 1.82) is 0 Å². The second-order valence-corrected chi connectivity index (χ2v) is 5.90. The number of nitrogens with one attached hydrogen (secondary N) is 1. The number of carbonyl (C=O) groups excluding carboxylic acids is 2. The van der Waals surface area contributed by atoms with E-state index in [1.165, 1.54) is 19.3 Å². The Balaban J connectivity index is 1.64. The highest BCUT2D eigenvalue weighted by atomic mass is 16.2. The SMILES string of the molecule is CC(=O)c1ccc(NC(=O)[C@@H]2C[C@H]3CC[C@@H]2C3)cc1. The lowest BCUT2D eigenvalue weighted by Gasteiger charge is -2.20. The first kappa shape index (κ1) is 12.4. The van der Waals surface area contributed by atoms with Crippen molar-refractivity contribution in [3.8, 4) is 0 Å². The molecule has 1 N–H and O–H groups in total. The summed E-state index contributed by atoms with van der Waals surface area (Å²) in [4.78, 5) is 23.4. The first-order valence-electron chi connectivity index (χ1n) is 7.05. The van der Waals surface area contributed by atoms with Gasteiger partial charge in [-0.2, -0.15) is 0 Å². The minimum atomic E-state index is 0.0472. The molecule has 1 amide bonds. The molecule has 0 saturated heterocycles. The van der Waals surface area contributed by atoms with E-state index in [2.05, 4.69) is 5.32 Å².